The third-order valence-corrected chi connectivity index (χ3v) is 6.09. The minimum Gasteiger partial charge on any atom is -0.487 e. The zero-order valence-corrected chi connectivity index (χ0v) is 17.8. The summed E-state index contributed by atoms with van der Waals surface area (Å²) in [6, 6.07) is 14.5. The topological polar surface area (TPSA) is 87.7 Å². The van der Waals surface area contributed by atoms with Crippen molar-refractivity contribution in [3.8, 4) is 5.75 Å². The van der Waals surface area contributed by atoms with Gasteiger partial charge in [-0.2, -0.15) is 0 Å². The van der Waals surface area contributed by atoms with E-state index in [1.807, 2.05) is 29.2 Å². The lowest BCUT2D eigenvalue weighted by atomic mass is 9.80. The number of hydrogen-bond acceptors (Lipinski definition) is 4. The van der Waals surface area contributed by atoms with Crippen LogP contribution in [-0.2, 0) is 9.59 Å². The summed E-state index contributed by atoms with van der Waals surface area (Å²) in [7, 11) is 0. The standard InChI is InChI=1S/C24H27N3O4/c1-16(28)25-19-9-7-18(8-10-19)23(30)26-21-15-24(11-13-27(14-12-24)17(2)29)31-22-6-4-3-5-20(21)22/h3-10,21H,11-15H2,1-2H3,(H,25,28)(H,26,30). The van der Waals surface area contributed by atoms with E-state index in [4.69, 9.17) is 4.74 Å². The number of likely N-dealkylation sites (tertiary alicyclic amines) is 1. The van der Waals surface area contributed by atoms with Gasteiger partial charge >= 0.3 is 0 Å². The highest BCUT2D eigenvalue weighted by Gasteiger charge is 2.44. The monoisotopic (exact) mass is 421 g/mol. The summed E-state index contributed by atoms with van der Waals surface area (Å²) in [5.41, 5.74) is 1.74. The molecule has 1 fully saturated rings. The number of ether oxygens (including phenoxy) is 1. The highest BCUT2D eigenvalue weighted by molar-refractivity contribution is 5.95. The van der Waals surface area contributed by atoms with Gasteiger partial charge in [0.2, 0.25) is 11.8 Å². The SMILES string of the molecule is CC(=O)Nc1ccc(C(=O)NC2CC3(CCN(C(C)=O)CC3)Oc3ccccc32)cc1. The van der Waals surface area contributed by atoms with Gasteiger partial charge in [-0.1, -0.05) is 18.2 Å². The fraction of sp³-hybridized carbons (Fsp3) is 0.375. The van der Waals surface area contributed by atoms with Gasteiger partial charge in [0.15, 0.2) is 0 Å². The highest BCUT2D eigenvalue weighted by Crippen LogP contribution is 2.44. The van der Waals surface area contributed by atoms with Crippen molar-refractivity contribution in [2.45, 2.75) is 44.8 Å². The van der Waals surface area contributed by atoms with Crippen molar-refractivity contribution in [3.63, 3.8) is 0 Å². The summed E-state index contributed by atoms with van der Waals surface area (Å²) >= 11 is 0. The third-order valence-electron chi connectivity index (χ3n) is 6.09. The summed E-state index contributed by atoms with van der Waals surface area (Å²) in [5.74, 6) is 0.541. The van der Waals surface area contributed by atoms with E-state index >= 15 is 0 Å². The lowest BCUT2D eigenvalue weighted by molar-refractivity contribution is -0.133. The molecule has 7 heteroatoms. The van der Waals surface area contributed by atoms with E-state index in [0.717, 1.165) is 24.2 Å². The molecule has 2 aliphatic rings. The van der Waals surface area contributed by atoms with E-state index in [2.05, 4.69) is 10.6 Å². The van der Waals surface area contributed by atoms with Gasteiger partial charge in [0.25, 0.3) is 5.91 Å². The molecule has 2 aromatic carbocycles. The van der Waals surface area contributed by atoms with E-state index < -0.39 is 5.60 Å². The molecule has 0 aliphatic carbocycles. The maximum absolute atomic E-state index is 13.0. The number of nitrogens with one attached hydrogen (secondary N) is 2. The first-order chi connectivity index (χ1) is 14.8. The van der Waals surface area contributed by atoms with Crippen LogP contribution in [-0.4, -0.2) is 41.3 Å². The first-order valence-corrected chi connectivity index (χ1v) is 10.6. The Bertz CT molecular complexity index is 994. The molecule has 0 saturated carbocycles. The molecular formula is C24H27N3O4. The van der Waals surface area contributed by atoms with Gasteiger partial charge in [-0.15, -0.1) is 0 Å². The maximum Gasteiger partial charge on any atom is 0.251 e. The molecule has 7 nitrogen and oxygen atoms in total. The molecule has 1 saturated heterocycles. The Morgan fingerprint density at radius 3 is 2.32 bits per heavy atom. The molecule has 2 aromatic rings. The number of nitrogens with zero attached hydrogens (tertiary/aromatic N) is 1. The summed E-state index contributed by atoms with van der Waals surface area (Å²) in [6.07, 6.45) is 2.13. The molecule has 0 bridgehead atoms. The Hall–Kier alpha value is -3.35. The van der Waals surface area contributed by atoms with E-state index in [-0.39, 0.29) is 23.8 Å². The first kappa shape index (κ1) is 20.9. The Morgan fingerprint density at radius 2 is 1.68 bits per heavy atom. The molecule has 2 aliphatic heterocycles. The average Bonchev–Trinajstić information content (AvgIpc) is 2.74. The first-order valence-electron chi connectivity index (χ1n) is 10.6. The van der Waals surface area contributed by atoms with Crippen LogP contribution >= 0.6 is 0 Å². The van der Waals surface area contributed by atoms with Crippen LogP contribution in [0.2, 0.25) is 0 Å². The Morgan fingerprint density at radius 1 is 1.00 bits per heavy atom. The zero-order chi connectivity index (χ0) is 22.0. The number of piperidine rings is 1. The minimum absolute atomic E-state index is 0.0821. The van der Waals surface area contributed by atoms with E-state index in [9.17, 15) is 14.4 Å². The minimum atomic E-state index is -0.395. The molecule has 162 valence electrons. The highest BCUT2D eigenvalue weighted by atomic mass is 16.5. The molecule has 4 rings (SSSR count). The van der Waals surface area contributed by atoms with Gasteiger partial charge in [0.1, 0.15) is 11.4 Å². The number of para-hydroxylation sites is 1. The molecule has 2 heterocycles. The van der Waals surface area contributed by atoms with Crippen LogP contribution in [0.25, 0.3) is 0 Å². The Labute approximate surface area is 181 Å². The van der Waals surface area contributed by atoms with Gasteiger partial charge < -0.3 is 20.3 Å². The number of carbonyl (C=O) groups excluding carboxylic acids is 3. The summed E-state index contributed by atoms with van der Waals surface area (Å²) in [5, 5.41) is 5.87. The van der Waals surface area contributed by atoms with Gasteiger partial charge in [-0.3, -0.25) is 14.4 Å². The average molecular weight is 421 g/mol. The fourth-order valence-corrected chi connectivity index (χ4v) is 4.43. The quantitative estimate of drug-likeness (QED) is 0.796. The van der Waals surface area contributed by atoms with Gasteiger partial charge in [0, 0.05) is 63.0 Å². The molecule has 0 radical (unpaired) electrons. The summed E-state index contributed by atoms with van der Waals surface area (Å²) in [6.45, 7) is 4.35. The lowest BCUT2D eigenvalue weighted by Gasteiger charge is -2.46. The number of rotatable bonds is 3. The largest absolute Gasteiger partial charge is 0.487 e. The predicted molar refractivity (Wildman–Crippen MR) is 117 cm³/mol. The van der Waals surface area contributed by atoms with Crippen molar-refractivity contribution >= 4 is 23.4 Å². The number of carbonyl (C=O) groups is 3. The zero-order valence-electron chi connectivity index (χ0n) is 17.8. The van der Waals surface area contributed by atoms with Crippen molar-refractivity contribution < 1.29 is 19.1 Å². The van der Waals surface area contributed by atoms with E-state index in [0.29, 0.717) is 30.8 Å². The van der Waals surface area contributed by atoms with Crippen LogP contribution in [0.15, 0.2) is 48.5 Å². The van der Waals surface area contributed by atoms with Crippen molar-refractivity contribution in [2.75, 3.05) is 18.4 Å². The molecular weight excluding hydrogens is 394 g/mol. The van der Waals surface area contributed by atoms with Crippen molar-refractivity contribution in [1.82, 2.24) is 10.2 Å². The normalized spacial score (nSPS) is 19.2. The van der Waals surface area contributed by atoms with Crippen LogP contribution in [0.1, 0.15) is 55.1 Å². The van der Waals surface area contributed by atoms with Crippen molar-refractivity contribution in [1.29, 1.82) is 0 Å². The third kappa shape index (κ3) is 4.55. The number of fused-ring (bicyclic) bond motifs is 1. The summed E-state index contributed by atoms with van der Waals surface area (Å²) < 4.78 is 6.43. The van der Waals surface area contributed by atoms with Gasteiger partial charge in [0.05, 0.1) is 6.04 Å². The smallest absolute Gasteiger partial charge is 0.251 e. The van der Waals surface area contributed by atoms with Crippen LogP contribution in [0.5, 0.6) is 5.75 Å². The van der Waals surface area contributed by atoms with Crippen LogP contribution in [0.3, 0.4) is 0 Å². The van der Waals surface area contributed by atoms with Gasteiger partial charge in [-0.05, 0) is 30.3 Å². The second-order valence-electron chi connectivity index (χ2n) is 8.32. The fourth-order valence-electron chi connectivity index (χ4n) is 4.43. The molecule has 3 amide bonds. The number of amides is 3. The lowest BCUT2D eigenvalue weighted by Crippen LogP contribution is -2.53. The number of hydrogen-bond donors (Lipinski definition) is 2. The number of anilines is 1. The van der Waals surface area contributed by atoms with Crippen LogP contribution < -0.4 is 15.4 Å². The van der Waals surface area contributed by atoms with E-state index in [1.54, 1.807) is 31.2 Å². The Kier molecular flexibility index (Phi) is 5.67. The van der Waals surface area contributed by atoms with Gasteiger partial charge in [-0.25, -0.2) is 0 Å². The molecule has 1 unspecified atom stereocenters. The van der Waals surface area contributed by atoms with Crippen LogP contribution in [0.4, 0.5) is 5.69 Å². The number of benzene rings is 2. The summed E-state index contributed by atoms with van der Waals surface area (Å²) in [4.78, 5) is 37.7. The van der Waals surface area contributed by atoms with Crippen LogP contribution in [0, 0.1) is 0 Å². The second-order valence-corrected chi connectivity index (χ2v) is 8.32. The van der Waals surface area contributed by atoms with E-state index in [1.165, 1.54) is 6.92 Å². The predicted octanol–water partition coefficient (Wildman–Crippen LogP) is 3.28. The molecule has 0 aromatic heterocycles. The Balaban J connectivity index is 1.52. The molecule has 2 N–H and O–H groups in total. The maximum atomic E-state index is 13.0. The van der Waals surface area contributed by atoms with Crippen molar-refractivity contribution in [3.05, 3.63) is 59.7 Å². The molecule has 31 heavy (non-hydrogen) atoms. The molecule has 1 atom stereocenters. The second kappa shape index (κ2) is 8.41. The van der Waals surface area contributed by atoms with Crippen molar-refractivity contribution in [2.24, 2.45) is 0 Å². The molecule has 1 spiro atoms.